The van der Waals surface area contributed by atoms with Gasteiger partial charge in [0.2, 0.25) is 0 Å². The van der Waals surface area contributed by atoms with Gasteiger partial charge in [-0.05, 0) is 17.3 Å². The molecule has 0 saturated heterocycles. The molecule has 0 aromatic rings. The van der Waals surface area contributed by atoms with Crippen molar-refractivity contribution < 1.29 is 0 Å². The highest BCUT2D eigenvalue weighted by Gasteiger charge is 2.31. The molecule has 0 spiro atoms. The van der Waals surface area contributed by atoms with Gasteiger partial charge in [0.25, 0.3) is 0 Å². The number of hydrogen-bond acceptors (Lipinski definition) is 0. The molecule has 0 heteroatoms. The molecule has 0 aromatic carbocycles. The Morgan fingerprint density at radius 3 is 1.25 bits per heavy atom. The predicted molar refractivity (Wildman–Crippen MR) is 61.6 cm³/mol. The van der Waals surface area contributed by atoms with Crippen LogP contribution in [0, 0.1) is 10.8 Å². The SMILES string of the molecule is C.C.CCCC(C)(C)C(C)(C)C. The van der Waals surface area contributed by atoms with Crippen LogP contribution in [0.25, 0.3) is 0 Å². The Morgan fingerprint density at radius 2 is 1.17 bits per heavy atom. The van der Waals surface area contributed by atoms with Crippen LogP contribution >= 0.6 is 0 Å². The van der Waals surface area contributed by atoms with Crippen molar-refractivity contribution >= 4 is 0 Å². The lowest BCUT2D eigenvalue weighted by Gasteiger charge is -2.38. The van der Waals surface area contributed by atoms with Crippen molar-refractivity contribution in [2.24, 2.45) is 10.8 Å². The van der Waals surface area contributed by atoms with Crippen molar-refractivity contribution in [2.45, 2.75) is 69.2 Å². The molecule has 0 amide bonds. The average molecular weight is 174 g/mol. The highest BCUT2D eigenvalue weighted by Crippen LogP contribution is 2.41. The molecule has 78 valence electrons. The second-order valence-electron chi connectivity index (χ2n) is 4.88. The summed E-state index contributed by atoms with van der Waals surface area (Å²) < 4.78 is 0. The Kier molecular flexibility index (Phi) is 8.38. The molecule has 0 N–H and O–H groups in total. The van der Waals surface area contributed by atoms with E-state index in [0.29, 0.717) is 10.8 Å². The lowest BCUT2D eigenvalue weighted by Crippen LogP contribution is -2.29. The van der Waals surface area contributed by atoms with Gasteiger partial charge in [0.15, 0.2) is 0 Å². The van der Waals surface area contributed by atoms with E-state index in [1.54, 1.807) is 0 Å². The van der Waals surface area contributed by atoms with Crippen LogP contribution in [0.15, 0.2) is 0 Å². The molecule has 12 heavy (non-hydrogen) atoms. The van der Waals surface area contributed by atoms with Crippen LogP contribution in [0.2, 0.25) is 0 Å². The third kappa shape index (κ3) is 4.79. The van der Waals surface area contributed by atoms with E-state index < -0.39 is 0 Å². The van der Waals surface area contributed by atoms with Gasteiger partial charge in [-0.2, -0.15) is 0 Å². The van der Waals surface area contributed by atoms with Gasteiger partial charge >= 0.3 is 0 Å². The standard InChI is InChI=1S/C10H22.2CH4/c1-7-8-10(5,6)9(2,3)4;;/h7-8H2,1-6H3;2*1H4. The van der Waals surface area contributed by atoms with Crippen LogP contribution in [0.4, 0.5) is 0 Å². The van der Waals surface area contributed by atoms with E-state index in [0.717, 1.165) is 0 Å². The first-order valence-corrected chi connectivity index (χ1v) is 4.31. The molecule has 0 rings (SSSR count). The lowest BCUT2D eigenvalue weighted by molar-refractivity contribution is 0.119. The van der Waals surface area contributed by atoms with Gasteiger partial charge in [0.05, 0.1) is 0 Å². The summed E-state index contributed by atoms with van der Waals surface area (Å²) >= 11 is 0. The molecule has 0 aliphatic rings. The zero-order chi connectivity index (χ0) is 8.41. The van der Waals surface area contributed by atoms with Gasteiger partial charge in [-0.3, -0.25) is 0 Å². The second-order valence-corrected chi connectivity index (χ2v) is 4.88. The molecule has 0 fully saturated rings. The number of hydrogen-bond donors (Lipinski definition) is 0. The van der Waals surface area contributed by atoms with Gasteiger partial charge in [-0.25, -0.2) is 0 Å². The normalized spacial score (nSPS) is 11.5. The average Bonchev–Trinajstić information content (AvgIpc) is 1.61. The summed E-state index contributed by atoms with van der Waals surface area (Å²) in [7, 11) is 0. The van der Waals surface area contributed by atoms with Crippen molar-refractivity contribution in [3.8, 4) is 0 Å². The van der Waals surface area contributed by atoms with Crippen molar-refractivity contribution in [2.75, 3.05) is 0 Å². The minimum Gasteiger partial charge on any atom is -0.0776 e. The van der Waals surface area contributed by atoms with Gasteiger partial charge in [0, 0.05) is 0 Å². The molecule has 0 saturated carbocycles. The van der Waals surface area contributed by atoms with Gasteiger partial charge in [-0.15, -0.1) is 0 Å². The van der Waals surface area contributed by atoms with Crippen LogP contribution in [-0.4, -0.2) is 0 Å². The Bertz CT molecular complexity index is 93.1. The van der Waals surface area contributed by atoms with Crippen LogP contribution in [-0.2, 0) is 0 Å². The fourth-order valence-corrected chi connectivity index (χ4v) is 1.000. The zero-order valence-corrected chi connectivity index (χ0v) is 8.41. The smallest absolute Gasteiger partial charge is 0.0306 e. The Balaban J connectivity index is -0.000000405. The first-order valence-electron chi connectivity index (χ1n) is 4.31. The van der Waals surface area contributed by atoms with Gasteiger partial charge in [0.1, 0.15) is 0 Å². The van der Waals surface area contributed by atoms with E-state index in [9.17, 15) is 0 Å². The quantitative estimate of drug-likeness (QED) is 0.544. The van der Waals surface area contributed by atoms with Crippen molar-refractivity contribution in [3.05, 3.63) is 0 Å². The van der Waals surface area contributed by atoms with Crippen LogP contribution < -0.4 is 0 Å². The van der Waals surface area contributed by atoms with Gasteiger partial charge in [-0.1, -0.05) is 62.8 Å². The molecule has 0 radical (unpaired) electrons. The highest BCUT2D eigenvalue weighted by atomic mass is 14.4. The van der Waals surface area contributed by atoms with E-state index in [4.69, 9.17) is 0 Å². The molecule has 0 bridgehead atoms. The molecule has 0 atom stereocenters. The summed E-state index contributed by atoms with van der Waals surface area (Å²) in [6.45, 7) is 13.9. The Morgan fingerprint density at radius 1 is 0.833 bits per heavy atom. The maximum atomic E-state index is 2.36. The molecule has 0 aromatic heterocycles. The van der Waals surface area contributed by atoms with Crippen LogP contribution in [0.5, 0.6) is 0 Å². The van der Waals surface area contributed by atoms with Crippen LogP contribution in [0.3, 0.4) is 0 Å². The first kappa shape index (κ1) is 17.9. The van der Waals surface area contributed by atoms with E-state index >= 15 is 0 Å². The van der Waals surface area contributed by atoms with E-state index in [1.165, 1.54) is 12.8 Å². The maximum Gasteiger partial charge on any atom is -0.0306 e. The van der Waals surface area contributed by atoms with E-state index in [-0.39, 0.29) is 14.9 Å². The fourth-order valence-electron chi connectivity index (χ4n) is 1.000. The number of rotatable bonds is 2. The summed E-state index contributed by atoms with van der Waals surface area (Å²) in [6, 6.07) is 0. The minimum absolute atomic E-state index is 0. The van der Waals surface area contributed by atoms with Crippen molar-refractivity contribution in [1.29, 1.82) is 0 Å². The maximum absolute atomic E-state index is 2.36. The first-order chi connectivity index (χ1) is 4.31. The van der Waals surface area contributed by atoms with Gasteiger partial charge < -0.3 is 0 Å². The Hall–Kier alpha value is 0. The second kappa shape index (κ2) is 5.61. The molecule has 0 aliphatic carbocycles. The van der Waals surface area contributed by atoms with E-state index in [2.05, 4.69) is 41.5 Å². The predicted octanol–water partition coefficient (Wildman–Crippen LogP) is 5.13. The summed E-state index contributed by atoms with van der Waals surface area (Å²) in [5.41, 5.74) is 0.935. The van der Waals surface area contributed by atoms with Crippen molar-refractivity contribution in [1.82, 2.24) is 0 Å². The lowest BCUT2D eigenvalue weighted by atomic mass is 9.67. The summed E-state index contributed by atoms with van der Waals surface area (Å²) in [5.74, 6) is 0. The topological polar surface area (TPSA) is 0 Å². The van der Waals surface area contributed by atoms with E-state index in [1.807, 2.05) is 0 Å². The molecule has 0 unspecified atom stereocenters. The third-order valence-corrected chi connectivity index (χ3v) is 2.91. The molecule has 0 nitrogen and oxygen atoms in total. The fraction of sp³-hybridized carbons (Fsp3) is 1.00. The summed E-state index contributed by atoms with van der Waals surface area (Å²) in [4.78, 5) is 0. The summed E-state index contributed by atoms with van der Waals surface area (Å²) in [6.07, 6.45) is 2.63. The minimum atomic E-state index is 0. The Labute approximate surface area is 80.8 Å². The third-order valence-electron chi connectivity index (χ3n) is 2.91. The monoisotopic (exact) mass is 174 g/mol. The summed E-state index contributed by atoms with van der Waals surface area (Å²) in [5, 5.41) is 0. The largest absolute Gasteiger partial charge is 0.0776 e. The molecule has 0 heterocycles. The molecular weight excluding hydrogens is 144 g/mol. The molecule has 0 aliphatic heterocycles. The highest BCUT2D eigenvalue weighted by molar-refractivity contribution is 4.81. The van der Waals surface area contributed by atoms with Crippen LogP contribution in [0.1, 0.15) is 69.2 Å². The van der Waals surface area contributed by atoms with Crippen molar-refractivity contribution in [3.63, 3.8) is 0 Å². The zero-order valence-electron chi connectivity index (χ0n) is 8.41. The molecular formula is C12H30.